The number of halogens is 1. The number of aromatic nitrogens is 2. The molecule has 2 N–H and O–H groups in total. The average Bonchev–Trinajstić information content (AvgIpc) is 2.64. The van der Waals surface area contributed by atoms with E-state index in [4.69, 9.17) is 5.11 Å². The van der Waals surface area contributed by atoms with Crippen LogP contribution in [0.2, 0.25) is 0 Å². The molecule has 106 valence electrons. The fourth-order valence-corrected chi connectivity index (χ4v) is 2.58. The van der Waals surface area contributed by atoms with Crippen LogP contribution in [0.25, 0.3) is 0 Å². The van der Waals surface area contributed by atoms with Gasteiger partial charge >= 0.3 is 5.97 Å². The van der Waals surface area contributed by atoms with Crippen molar-refractivity contribution in [2.45, 2.75) is 46.2 Å². The Labute approximate surface area is 120 Å². The summed E-state index contributed by atoms with van der Waals surface area (Å²) in [5.41, 5.74) is 1.68. The second-order valence-electron chi connectivity index (χ2n) is 4.17. The first-order valence-corrected chi connectivity index (χ1v) is 6.93. The maximum absolute atomic E-state index is 11.2. The van der Waals surface area contributed by atoms with Crippen molar-refractivity contribution in [1.29, 1.82) is 0 Å². The van der Waals surface area contributed by atoms with Gasteiger partial charge in [0.15, 0.2) is 0 Å². The number of hydrogen-bond donors (Lipinski definition) is 2. The maximum atomic E-state index is 11.2. The fraction of sp³-hybridized carbons (Fsp3) is 0.583. The molecule has 6 nitrogen and oxygen atoms in total. The zero-order valence-electron chi connectivity index (χ0n) is 11.2. The normalized spacial score (nSPS) is 12.2. The predicted octanol–water partition coefficient (Wildman–Crippen LogP) is 1.36. The topological polar surface area (TPSA) is 84.2 Å². The van der Waals surface area contributed by atoms with Crippen LogP contribution in [-0.2, 0) is 29.0 Å². The first-order valence-electron chi connectivity index (χ1n) is 6.14. The minimum Gasteiger partial charge on any atom is -0.480 e. The van der Waals surface area contributed by atoms with E-state index >= 15 is 0 Å². The lowest BCUT2D eigenvalue weighted by Crippen LogP contribution is -2.41. The number of nitrogens with one attached hydrogen (secondary N) is 1. The van der Waals surface area contributed by atoms with Gasteiger partial charge in [0.25, 0.3) is 0 Å². The molecular weight excluding hydrogens is 314 g/mol. The van der Waals surface area contributed by atoms with Gasteiger partial charge < -0.3 is 10.4 Å². The smallest absolute Gasteiger partial charge is 0.326 e. The minimum atomic E-state index is -1.05. The number of rotatable bonds is 6. The number of aryl methyl sites for hydroxylation is 2. The number of nitrogens with zero attached hydrogens (tertiary/aromatic N) is 2. The Bertz CT molecular complexity index is 485. The molecule has 1 unspecified atom stereocenters. The van der Waals surface area contributed by atoms with Crippen molar-refractivity contribution >= 4 is 27.8 Å². The third-order valence-electron chi connectivity index (χ3n) is 2.77. The summed E-state index contributed by atoms with van der Waals surface area (Å²) in [5, 5.41) is 16.0. The summed E-state index contributed by atoms with van der Waals surface area (Å²) < 4.78 is 2.59. The van der Waals surface area contributed by atoms with Crippen LogP contribution in [0.3, 0.4) is 0 Å². The standard InChI is InChI=1S/C12H18BrN3O3/c1-4-8-11(13)10(16(5-2)15-8)6-9(12(18)19)14-7(3)17/h9H,4-6H2,1-3H3,(H,14,17)(H,18,19). The van der Waals surface area contributed by atoms with Crippen molar-refractivity contribution in [2.75, 3.05) is 0 Å². The highest BCUT2D eigenvalue weighted by Gasteiger charge is 2.24. The summed E-state index contributed by atoms with van der Waals surface area (Å²) in [6.45, 7) is 5.88. The van der Waals surface area contributed by atoms with Crippen molar-refractivity contribution < 1.29 is 14.7 Å². The largest absolute Gasteiger partial charge is 0.480 e. The number of carboxylic acid groups (broad SMARTS) is 1. The highest BCUT2D eigenvalue weighted by molar-refractivity contribution is 9.10. The molecule has 19 heavy (non-hydrogen) atoms. The first kappa shape index (κ1) is 15.7. The van der Waals surface area contributed by atoms with Crippen LogP contribution in [0.4, 0.5) is 0 Å². The highest BCUT2D eigenvalue weighted by Crippen LogP contribution is 2.23. The number of aliphatic carboxylic acids is 1. The SMILES string of the molecule is CCc1nn(CC)c(CC(NC(C)=O)C(=O)O)c1Br. The first-order chi connectivity index (χ1) is 8.90. The summed E-state index contributed by atoms with van der Waals surface area (Å²) >= 11 is 3.46. The van der Waals surface area contributed by atoms with Crippen molar-refractivity contribution in [1.82, 2.24) is 15.1 Å². The van der Waals surface area contributed by atoms with Gasteiger partial charge in [0, 0.05) is 19.9 Å². The highest BCUT2D eigenvalue weighted by atomic mass is 79.9. The Kier molecular flexibility index (Phi) is 5.53. The van der Waals surface area contributed by atoms with Gasteiger partial charge in [-0.25, -0.2) is 4.79 Å². The van der Waals surface area contributed by atoms with Crippen LogP contribution < -0.4 is 5.32 Å². The van der Waals surface area contributed by atoms with E-state index in [1.807, 2.05) is 13.8 Å². The molecule has 1 atom stereocenters. The quantitative estimate of drug-likeness (QED) is 0.824. The van der Waals surface area contributed by atoms with Crippen LogP contribution in [-0.4, -0.2) is 32.8 Å². The third-order valence-corrected chi connectivity index (χ3v) is 3.68. The monoisotopic (exact) mass is 331 g/mol. The van der Waals surface area contributed by atoms with Crippen LogP contribution in [0, 0.1) is 0 Å². The van der Waals surface area contributed by atoms with Crippen molar-refractivity contribution in [2.24, 2.45) is 0 Å². The van der Waals surface area contributed by atoms with Gasteiger partial charge in [0.05, 0.1) is 15.9 Å². The van der Waals surface area contributed by atoms with Gasteiger partial charge in [0.2, 0.25) is 5.91 Å². The predicted molar refractivity (Wildman–Crippen MR) is 73.9 cm³/mol. The van der Waals surface area contributed by atoms with E-state index in [1.165, 1.54) is 6.92 Å². The van der Waals surface area contributed by atoms with E-state index < -0.39 is 12.0 Å². The van der Waals surface area contributed by atoms with E-state index in [2.05, 4.69) is 26.3 Å². The van der Waals surface area contributed by atoms with E-state index in [0.717, 1.165) is 22.3 Å². The van der Waals surface area contributed by atoms with Crippen LogP contribution in [0.15, 0.2) is 4.47 Å². The molecule has 7 heteroatoms. The lowest BCUT2D eigenvalue weighted by Gasteiger charge is -2.14. The lowest BCUT2D eigenvalue weighted by atomic mass is 10.1. The number of hydrogen-bond acceptors (Lipinski definition) is 3. The second kappa shape index (κ2) is 6.70. The van der Waals surface area contributed by atoms with Crippen molar-refractivity contribution in [3.8, 4) is 0 Å². The van der Waals surface area contributed by atoms with Gasteiger partial charge in [0.1, 0.15) is 6.04 Å². The Balaban J connectivity index is 3.04. The summed E-state index contributed by atoms with van der Waals surface area (Å²) in [4.78, 5) is 22.2. The molecule has 0 radical (unpaired) electrons. The number of carbonyl (C=O) groups is 2. The van der Waals surface area contributed by atoms with Gasteiger partial charge in [-0.15, -0.1) is 0 Å². The Morgan fingerprint density at radius 2 is 2.11 bits per heavy atom. The molecule has 0 aromatic carbocycles. The zero-order valence-corrected chi connectivity index (χ0v) is 12.8. The minimum absolute atomic E-state index is 0.205. The molecule has 1 rings (SSSR count). The zero-order chi connectivity index (χ0) is 14.6. The Hall–Kier alpha value is -1.37. The van der Waals surface area contributed by atoms with E-state index in [9.17, 15) is 9.59 Å². The van der Waals surface area contributed by atoms with Gasteiger partial charge in [-0.2, -0.15) is 5.10 Å². The van der Waals surface area contributed by atoms with Gasteiger partial charge in [-0.05, 0) is 29.3 Å². The molecular formula is C12H18BrN3O3. The molecule has 1 aromatic rings. The molecule has 0 aliphatic carbocycles. The fourth-order valence-electron chi connectivity index (χ4n) is 1.85. The molecule has 0 aliphatic heterocycles. The van der Waals surface area contributed by atoms with E-state index in [1.54, 1.807) is 4.68 Å². The lowest BCUT2D eigenvalue weighted by molar-refractivity contribution is -0.141. The van der Waals surface area contributed by atoms with Crippen molar-refractivity contribution in [3.63, 3.8) is 0 Å². The number of amides is 1. The maximum Gasteiger partial charge on any atom is 0.326 e. The second-order valence-corrected chi connectivity index (χ2v) is 4.97. The molecule has 0 spiro atoms. The Morgan fingerprint density at radius 1 is 1.47 bits per heavy atom. The van der Waals surface area contributed by atoms with E-state index in [-0.39, 0.29) is 12.3 Å². The summed E-state index contributed by atoms with van der Waals surface area (Å²) in [7, 11) is 0. The third kappa shape index (κ3) is 3.79. The molecule has 1 aromatic heterocycles. The molecule has 0 bridgehead atoms. The summed E-state index contributed by atoms with van der Waals surface area (Å²) in [5.74, 6) is -1.41. The van der Waals surface area contributed by atoms with Crippen LogP contribution in [0.5, 0.6) is 0 Å². The van der Waals surface area contributed by atoms with Gasteiger partial charge in [-0.3, -0.25) is 9.48 Å². The molecule has 1 amide bonds. The van der Waals surface area contributed by atoms with Gasteiger partial charge in [-0.1, -0.05) is 6.92 Å². The molecule has 1 heterocycles. The molecule has 0 saturated carbocycles. The summed E-state index contributed by atoms with van der Waals surface area (Å²) in [6, 6.07) is -0.944. The molecule has 0 fully saturated rings. The van der Waals surface area contributed by atoms with Crippen molar-refractivity contribution in [3.05, 3.63) is 15.9 Å². The van der Waals surface area contributed by atoms with Crippen LogP contribution >= 0.6 is 15.9 Å². The summed E-state index contributed by atoms with van der Waals surface area (Å²) in [6.07, 6.45) is 0.967. The number of carbonyl (C=O) groups excluding carboxylic acids is 1. The van der Waals surface area contributed by atoms with Crippen LogP contribution in [0.1, 0.15) is 32.2 Å². The number of carboxylic acids is 1. The molecule has 0 saturated heterocycles. The molecule has 0 aliphatic rings. The average molecular weight is 332 g/mol. The Morgan fingerprint density at radius 3 is 2.53 bits per heavy atom. The van der Waals surface area contributed by atoms with E-state index in [0.29, 0.717) is 6.54 Å².